The first-order valence-electron chi connectivity index (χ1n) is 8.13. The Labute approximate surface area is 139 Å². The summed E-state index contributed by atoms with van der Waals surface area (Å²) >= 11 is 0. The number of hydrogen-bond acceptors (Lipinski definition) is 6. The summed E-state index contributed by atoms with van der Waals surface area (Å²) in [6.07, 6.45) is 1.53. The Hall–Kier alpha value is -2.45. The number of urea groups is 1. The highest BCUT2D eigenvalue weighted by Crippen LogP contribution is 2.26. The minimum Gasteiger partial charge on any atom is -0.342 e. The van der Waals surface area contributed by atoms with Crippen LogP contribution in [-0.4, -0.2) is 51.5 Å². The largest absolute Gasteiger partial charge is 0.342 e. The summed E-state index contributed by atoms with van der Waals surface area (Å²) in [6, 6.07) is -0.461. The minimum atomic E-state index is -0.855. The molecule has 9 heteroatoms. The van der Waals surface area contributed by atoms with E-state index in [4.69, 9.17) is 4.52 Å². The molecule has 24 heavy (non-hydrogen) atoms. The van der Waals surface area contributed by atoms with Crippen molar-refractivity contribution in [2.75, 3.05) is 13.1 Å². The fourth-order valence-corrected chi connectivity index (χ4v) is 2.99. The Morgan fingerprint density at radius 2 is 2.04 bits per heavy atom. The Morgan fingerprint density at radius 3 is 2.58 bits per heavy atom. The first-order chi connectivity index (χ1) is 11.4. The lowest BCUT2D eigenvalue weighted by atomic mass is 9.87. The van der Waals surface area contributed by atoms with Gasteiger partial charge in [-0.05, 0) is 12.8 Å². The molecule has 130 valence electrons. The summed E-state index contributed by atoms with van der Waals surface area (Å²) in [7, 11) is 0. The smallest absolute Gasteiger partial charge is 0.322 e. The van der Waals surface area contributed by atoms with Crippen LogP contribution >= 0.6 is 0 Å². The molecule has 9 nitrogen and oxygen atoms in total. The van der Waals surface area contributed by atoms with Gasteiger partial charge in [-0.3, -0.25) is 14.9 Å². The zero-order chi connectivity index (χ0) is 17.3. The fraction of sp³-hybridized carbons (Fsp3) is 0.667. The highest BCUT2D eigenvalue weighted by Gasteiger charge is 2.48. The van der Waals surface area contributed by atoms with Crippen LogP contribution in [0.15, 0.2) is 4.52 Å². The lowest BCUT2D eigenvalue weighted by Crippen LogP contribution is -2.55. The van der Waals surface area contributed by atoms with E-state index in [1.165, 1.54) is 0 Å². The molecule has 2 aliphatic heterocycles. The van der Waals surface area contributed by atoms with Gasteiger partial charge in [0.05, 0.1) is 0 Å². The van der Waals surface area contributed by atoms with Crippen molar-refractivity contribution < 1.29 is 18.9 Å². The van der Waals surface area contributed by atoms with Crippen molar-refractivity contribution in [3.63, 3.8) is 0 Å². The summed E-state index contributed by atoms with van der Waals surface area (Å²) in [4.78, 5) is 41.5. The highest BCUT2D eigenvalue weighted by atomic mass is 16.5. The number of hydrogen-bond donors (Lipinski definition) is 2. The first kappa shape index (κ1) is 16.4. The van der Waals surface area contributed by atoms with Crippen LogP contribution in [0.2, 0.25) is 0 Å². The van der Waals surface area contributed by atoms with Crippen molar-refractivity contribution in [3.05, 3.63) is 11.7 Å². The topological polar surface area (TPSA) is 117 Å². The molecule has 3 rings (SSSR count). The molecule has 0 unspecified atom stereocenters. The van der Waals surface area contributed by atoms with Gasteiger partial charge in [0.25, 0.3) is 5.91 Å². The van der Waals surface area contributed by atoms with Gasteiger partial charge in [-0.15, -0.1) is 0 Å². The molecule has 2 aliphatic rings. The van der Waals surface area contributed by atoms with E-state index in [0.29, 0.717) is 44.1 Å². The van der Waals surface area contributed by atoms with Crippen molar-refractivity contribution in [1.29, 1.82) is 0 Å². The van der Waals surface area contributed by atoms with Crippen LogP contribution in [0.3, 0.4) is 0 Å². The number of rotatable bonds is 4. The van der Waals surface area contributed by atoms with Crippen LogP contribution in [0.4, 0.5) is 4.79 Å². The zero-order valence-electron chi connectivity index (χ0n) is 13.8. The number of nitrogens with zero attached hydrogens (tertiary/aromatic N) is 3. The molecule has 0 saturated carbocycles. The number of carbonyl (C=O) groups excluding carboxylic acids is 3. The maximum absolute atomic E-state index is 12.3. The van der Waals surface area contributed by atoms with Crippen LogP contribution < -0.4 is 10.6 Å². The molecule has 3 heterocycles. The van der Waals surface area contributed by atoms with Gasteiger partial charge in [0.15, 0.2) is 5.82 Å². The Morgan fingerprint density at radius 1 is 1.33 bits per heavy atom. The number of nitrogens with one attached hydrogen (secondary N) is 2. The van der Waals surface area contributed by atoms with Gasteiger partial charge in [-0.1, -0.05) is 19.0 Å². The van der Waals surface area contributed by atoms with E-state index < -0.39 is 11.6 Å². The molecule has 1 aromatic heterocycles. The summed E-state index contributed by atoms with van der Waals surface area (Å²) in [5.41, 5.74) is -0.855. The predicted molar refractivity (Wildman–Crippen MR) is 81.9 cm³/mol. The second-order valence-electron chi connectivity index (χ2n) is 6.57. The van der Waals surface area contributed by atoms with E-state index in [-0.39, 0.29) is 24.2 Å². The normalized spacial score (nSPS) is 19.7. The maximum Gasteiger partial charge on any atom is 0.322 e. The first-order valence-corrected chi connectivity index (χ1v) is 8.13. The number of likely N-dealkylation sites (tertiary alicyclic amines) is 1. The van der Waals surface area contributed by atoms with Crippen molar-refractivity contribution in [1.82, 2.24) is 25.7 Å². The zero-order valence-corrected chi connectivity index (χ0v) is 13.8. The molecular weight excluding hydrogens is 314 g/mol. The van der Waals surface area contributed by atoms with Gasteiger partial charge in [-0.2, -0.15) is 4.98 Å². The van der Waals surface area contributed by atoms with Crippen molar-refractivity contribution >= 4 is 17.8 Å². The number of carbonyl (C=O) groups is 3. The monoisotopic (exact) mass is 335 g/mol. The molecule has 1 aromatic rings. The van der Waals surface area contributed by atoms with Gasteiger partial charge in [0.1, 0.15) is 5.54 Å². The molecule has 4 amide bonds. The number of piperidine rings is 1. The van der Waals surface area contributed by atoms with Crippen LogP contribution in [0, 0.1) is 0 Å². The molecule has 0 aromatic carbocycles. The van der Waals surface area contributed by atoms with Crippen LogP contribution in [-0.2, 0) is 16.0 Å². The maximum atomic E-state index is 12.3. The standard InChI is InChI=1S/C15H21N5O4/c1-9(2)12-16-10(24-19-12)3-4-11(21)20-7-5-15(6-8-20)13(22)17-14(23)18-15/h9H,3-8H2,1-2H3,(H2,17,18,22,23). The molecular formula is C15H21N5O4. The Kier molecular flexibility index (Phi) is 4.25. The SMILES string of the molecule is CC(C)c1noc(CCC(=O)N2CCC3(CC2)NC(=O)NC3=O)n1. The van der Waals surface area contributed by atoms with E-state index in [0.717, 1.165) is 0 Å². The third-order valence-electron chi connectivity index (χ3n) is 4.54. The van der Waals surface area contributed by atoms with Gasteiger partial charge in [0.2, 0.25) is 11.8 Å². The quantitative estimate of drug-likeness (QED) is 0.766. The summed E-state index contributed by atoms with van der Waals surface area (Å²) in [5, 5.41) is 8.81. The van der Waals surface area contributed by atoms with Crippen molar-refractivity contribution in [3.8, 4) is 0 Å². The van der Waals surface area contributed by atoms with Gasteiger partial charge < -0.3 is 14.7 Å². The molecule has 0 aliphatic carbocycles. The minimum absolute atomic E-state index is 0.0149. The lowest BCUT2D eigenvalue weighted by Gasteiger charge is -2.37. The number of imide groups is 1. The van der Waals surface area contributed by atoms with Crippen LogP contribution in [0.5, 0.6) is 0 Å². The molecule has 2 N–H and O–H groups in total. The predicted octanol–water partition coefficient (Wildman–Crippen LogP) is 0.326. The lowest BCUT2D eigenvalue weighted by molar-refractivity contribution is -0.135. The Bertz CT molecular complexity index is 661. The average molecular weight is 335 g/mol. The van der Waals surface area contributed by atoms with Crippen molar-refractivity contribution in [2.45, 2.75) is 51.0 Å². The summed E-state index contributed by atoms with van der Waals surface area (Å²) < 4.78 is 5.13. The van der Waals surface area contributed by atoms with Gasteiger partial charge in [0, 0.05) is 31.8 Å². The van der Waals surface area contributed by atoms with E-state index in [2.05, 4.69) is 20.8 Å². The third kappa shape index (κ3) is 3.10. The molecule has 0 radical (unpaired) electrons. The van der Waals surface area contributed by atoms with E-state index in [1.54, 1.807) is 4.90 Å². The van der Waals surface area contributed by atoms with Gasteiger partial charge in [-0.25, -0.2) is 4.79 Å². The molecule has 2 saturated heterocycles. The van der Waals surface area contributed by atoms with E-state index in [1.807, 2.05) is 13.8 Å². The number of aromatic nitrogens is 2. The second kappa shape index (κ2) is 6.21. The third-order valence-corrected chi connectivity index (χ3v) is 4.54. The van der Waals surface area contributed by atoms with Crippen LogP contribution in [0.25, 0.3) is 0 Å². The van der Waals surface area contributed by atoms with E-state index in [9.17, 15) is 14.4 Å². The summed E-state index contributed by atoms with van der Waals surface area (Å²) in [5.74, 6) is 0.970. The highest BCUT2D eigenvalue weighted by molar-refractivity contribution is 6.07. The van der Waals surface area contributed by atoms with Gasteiger partial charge >= 0.3 is 6.03 Å². The average Bonchev–Trinajstić information content (AvgIpc) is 3.11. The number of amides is 4. The van der Waals surface area contributed by atoms with E-state index >= 15 is 0 Å². The molecule has 0 bridgehead atoms. The molecule has 2 fully saturated rings. The Balaban J connectivity index is 1.50. The number of aryl methyl sites for hydroxylation is 1. The molecule has 1 spiro atoms. The van der Waals surface area contributed by atoms with Crippen LogP contribution in [0.1, 0.15) is 50.7 Å². The fourth-order valence-electron chi connectivity index (χ4n) is 2.99. The molecule has 0 atom stereocenters. The van der Waals surface area contributed by atoms with Crippen molar-refractivity contribution in [2.24, 2.45) is 0 Å². The second-order valence-corrected chi connectivity index (χ2v) is 6.57. The summed E-state index contributed by atoms with van der Waals surface area (Å²) in [6.45, 7) is 4.82.